The molecule has 0 fully saturated rings. The van der Waals surface area contributed by atoms with Gasteiger partial charge in [0.2, 0.25) is 0 Å². The van der Waals surface area contributed by atoms with Crippen LogP contribution in [0.25, 0.3) is 5.57 Å². The Morgan fingerprint density at radius 1 is 1.10 bits per heavy atom. The molecule has 0 N–H and O–H groups in total. The van der Waals surface area contributed by atoms with Gasteiger partial charge in [0, 0.05) is 31.9 Å². The van der Waals surface area contributed by atoms with Gasteiger partial charge in [-0.3, -0.25) is 4.79 Å². The summed E-state index contributed by atoms with van der Waals surface area (Å²) in [5.41, 5.74) is 0.675. The van der Waals surface area contributed by atoms with Crippen molar-refractivity contribution >= 4 is 17.3 Å². The first-order valence-electron chi connectivity index (χ1n) is 6.17. The highest BCUT2D eigenvalue weighted by molar-refractivity contribution is 6.51. The van der Waals surface area contributed by atoms with E-state index >= 15 is 0 Å². The summed E-state index contributed by atoms with van der Waals surface area (Å²) in [6.07, 6.45) is 1.55. The van der Waals surface area contributed by atoms with Crippen LogP contribution in [0.5, 0.6) is 11.5 Å². The van der Waals surface area contributed by atoms with Crippen molar-refractivity contribution < 1.29 is 23.8 Å². The minimum Gasteiger partial charge on any atom is -0.497 e. The van der Waals surface area contributed by atoms with E-state index in [0.717, 1.165) is 0 Å². The molecule has 0 saturated carbocycles. The van der Waals surface area contributed by atoms with Gasteiger partial charge in [-0.25, -0.2) is 4.79 Å². The predicted octanol–water partition coefficient (Wildman–Crippen LogP) is 1.35. The quantitative estimate of drug-likeness (QED) is 0.448. The molecular weight excluding hydrogens is 274 g/mol. The minimum atomic E-state index is -0.930. The van der Waals surface area contributed by atoms with Crippen LogP contribution in [0.3, 0.4) is 0 Å². The highest BCUT2D eigenvalue weighted by Crippen LogP contribution is 2.31. The lowest BCUT2D eigenvalue weighted by Crippen LogP contribution is -2.19. The maximum absolute atomic E-state index is 12.2. The second kappa shape index (κ2) is 7.33. The van der Waals surface area contributed by atoms with Gasteiger partial charge >= 0.3 is 5.97 Å². The molecule has 0 aliphatic rings. The first kappa shape index (κ1) is 16.6. The Morgan fingerprint density at radius 3 is 2.24 bits per heavy atom. The molecule has 0 bridgehead atoms. The maximum Gasteiger partial charge on any atom is 0.379 e. The van der Waals surface area contributed by atoms with Crippen LogP contribution >= 0.6 is 0 Å². The van der Waals surface area contributed by atoms with Gasteiger partial charge < -0.3 is 19.1 Å². The number of ether oxygens (including phenoxy) is 3. The largest absolute Gasteiger partial charge is 0.497 e. The van der Waals surface area contributed by atoms with Crippen molar-refractivity contribution in [3.05, 3.63) is 30.0 Å². The van der Waals surface area contributed by atoms with Crippen molar-refractivity contribution in [1.82, 2.24) is 4.90 Å². The molecule has 0 aliphatic carbocycles. The van der Waals surface area contributed by atoms with Crippen LogP contribution in [0.4, 0.5) is 0 Å². The summed E-state index contributed by atoms with van der Waals surface area (Å²) in [5.74, 6) is -0.652. The molecule has 114 valence electrons. The van der Waals surface area contributed by atoms with E-state index in [1.165, 1.54) is 21.3 Å². The summed E-state index contributed by atoms with van der Waals surface area (Å²) >= 11 is 0. The second-order valence-corrected chi connectivity index (χ2v) is 4.39. The number of esters is 1. The lowest BCUT2D eigenvalue weighted by Gasteiger charge is -2.14. The topological polar surface area (TPSA) is 65.1 Å². The number of hydrogen-bond acceptors (Lipinski definition) is 6. The lowest BCUT2D eigenvalue weighted by atomic mass is 10.0. The number of benzene rings is 1. The molecule has 0 unspecified atom stereocenters. The van der Waals surface area contributed by atoms with Gasteiger partial charge in [-0.1, -0.05) is 0 Å². The summed E-state index contributed by atoms with van der Waals surface area (Å²) in [6.45, 7) is 0. The first-order valence-corrected chi connectivity index (χ1v) is 6.17. The van der Waals surface area contributed by atoms with Gasteiger partial charge in [-0.2, -0.15) is 0 Å². The number of carbonyl (C=O) groups is 2. The highest BCUT2D eigenvalue weighted by atomic mass is 16.5. The van der Waals surface area contributed by atoms with Crippen molar-refractivity contribution in [1.29, 1.82) is 0 Å². The molecule has 0 heterocycles. The van der Waals surface area contributed by atoms with E-state index in [0.29, 0.717) is 17.1 Å². The molecule has 0 atom stereocenters. The number of hydrogen-bond donors (Lipinski definition) is 0. The van der Waals surface area contributed by atoms with Crippen molar-refractivity contribution in [3.8, 4) is 11.5 Å². The van der Waals surface area contributed by atoms with E-state index in [1.807, 2.05) is 0 Å². The zero-order valence-electron chi connectivity index (χ0n) is 12.8. The third-order valence-electron chi connectivity index (χ3n) is 2.70. The normalized spacial score (nSPS) is 10.8. The molecule has 0 radical (unpaired) electrons. The fourth-order valence-corrected chi connectivity index (χ4v) is 1.73. The number of methoxy groups -OCH3 is 3. The number of Topliss-reactive ketones (excluding diaryl/α,β-unsaturated/α-hetero) is 1. The summed E-state index contributed by atoms with van der Waals surface area (Å²) in [7, 11) is 7.68. The molecule has 0 amide bonds. The third kappa shape index (κ3) is 3.98. The zero-order valence-corrected chi connectivity index (χ0v) is 12.8. The zero-order chi connectivity index (χ0) is 16.0. The SMILES string of the molecule is COC(=O)C(=O)C(=CN(C)C)c1ccc(OC)cc1OC. The minimum absolute atomic E-state index is 0.186. The van der Waals surface area contributed by atoms with E-state index in [4.69, 9.17) is 9.47 Å². The Morgan fingerprint density at radius 2 is 1.76 bits per heavy atom. The van der Waals surface area contributed by atoms with Crippen LogP contribution in [-0.2, 0) is 14.3 Å². The number of carbonyl (C=O) groups excluding carboxylic acids is 2. The van der Waals surface area contributed by atoms with Crippen LogP contribution in [0, 0.1) is 0 Å². The van der Waals surface area contributed by atoms with Crippen molar-refractivity contribution in [3.63, 3.8) is 0 Å². The molecule has 1 aromatic carbocycles. The first-order chi connectivity index (χ1) is 9.94. The standard InChI is InChI=1S/C15H19NO5/c1-16(2)9-12(14(17)15(18)21-5)11-7-6-10(19-3)8-13(11)20-4/h6-9H,1-5H3. The Balaban J connectivity index is 3.40. The van der Waals surface area contributed by atoms with Gasteiger partial charge in [-0.15, -0.1) is 0 Å². The predicted molar refractivity (Wildman–Crippen MR) is 78.2 cm³/mol. The van der Waals surface area contributed by atoms with Crippen LogP contribution in [0.2, 0.25) is 0 Å². The second-order valence-electron chi connectivity index (χ2n) is 4.39. The van der Waals surface area contributed by atoms with Crippen LogP contribution in [-0.4, -0.2) is 52.1 Å². The van der Waals surface area contributed by atoms with E-state index < -0.39 is 11.8 Å². The Hall–Kier alpha value is -2.50. The van der Waals surface area contributed by atoms with Gasteiger partial charge in [0.05, 0.1) is 26.9 Å². The average molecular weight is 293 g/mol. The maximum atomic E-state index is 12.2. The lowest BCUT2D eigenvalue weighted by molar-refractivity contribution is -0.149. The van der Waals surface area contributed by atoms with Gasteiger partial charge in [0.15, 0.2) is 0 Å². The number of rotatable bonds is 6. The Labute approximate surface area is 123 Å². The molecule has 0 saturated heterocycles. The number of ketones is 1. The Bertz CT molecular complexity index is 563. The van der Waals surface area contributed by atoms with E-state index in [9.17, 15) is 9.59 Å². The molecule has 21 heavy (non-hydrogen) atoms. The summed E-state index contributed by atoms with van der Waals surface area (Å²) in [5, 5.41) is 0. The van der Waals surface area contributed by atoms with Crippen LogP contribution in [0.15, 0.2) is 24.4 Å². The number of nitrogens with zero attached hydrogens (tertiary/aromatic N) is 1. The molecule has 6 nitrogen and oxygen atoms in total. The molecule has 6 heteroatoms. The highest BCUT2D eigenvalue weighted by Gasteiger charge is 2.24. The molecule has 0 aliphatic heterocycles. The summed E-state index contributed by atoms with van der Waals surface area (Å²) in [4.78, 5) is 25.4. The van der Waals surface area contributed by atoms with Gasteiger partial charge in [-0.05, 0) is 12.1 Å². The molecule has 0 spiro atoms. The monoisotopic (exact) mass is 293 g/mol. The Kier molecular flexibility index (Phi) is 5.78. The van der Waals surface area contributed by atoms with Crippen LogP contribution < -0.4 is 9.47 Å². The molecule has 1 rings (SSSR count). The van der Waals surface area contributed by atoms with E-state index in [1.54, 1.807) is 43.4 Å². The average Bonchev–Trinajstić information content (AvgIpc) is 2.50. The van der Waals surface area contributed by atoms with E-state index in [2.05, 4.69) is 4.74 Å². The van der Waals surface area contributed by atoms with Crippen molar-refractivity contribution in [2.75, 3.05) is 35.4 Å². The molecule has 1 aromatic rings. The summed E-state index contributed by atoms with van der Waals surface area (Å²) < 4.78 is 14.9. The smallest absolute Gasteiger partial charge is 0.379 e. The molecular formula is C15H19NO5. The van der Waals surface area contributed by atoms with Crippen molar-refractivity contribution in [2.45, 2.75) is 0 Å². The summed E-state index contributed by atoms with van der Waals surface area (Å²) in [6, 6.07) is 4.99. The van der Waals surface area contributed by atoms with Gasteiger partial charge in [0.1, 0.15) is 11.5 Å². The van der Waals surface area contributed by atoms with Gasteiger partial charge in [0.25, 0.3) is 5.78 Å². The third-order valence-corrected chi connectivity index (χ3v) is 2.70. The fourth-order valence-electron chi connectivity index (χ4n) is 1.73. The van der Waals surface area contributed by atoms with Crippen LogP contribution in [0.1, 0.15) is 5.56 Å². The van der Waals surface area contributed by atoms with Crippen molar-refractivity contribution in [2.24, 2.45) is 0 Å². The fraction of sp³-hybridized carbons (Fsp3) is 0.333. The van der Waals surface area contributed by atoms with E-state index in [-0.39, 0.29) is 5.57 Å². The molecule has 0 aromatic heterocycles.